The Balaban J connectivity index is 1.63. The number of benzene rings is 3. The van der Waals surface area contributed by atoms with Crippen LogP contribution in [-0.4, -0.2) is 45.6 Å². The van der Waals surface area contributed by atoms with Gasteiger partial charge in [0.2, 0.25) is 0 Å². The van der Waals surface area contributed by atoms with Crippen molar-refractivity contribution in [1.82, 2.24) is 4.90 Å². The average Bonchev–Trinajstić information content (AvgIpc) is 3.38. The molecule has 0 radical (unpaired) electrons. The molecule has 3 aromatic rings. The normalized spacial score (nSPS) is 15.4. The topological polar surface area (TPSA) is 82.1 Å². The Bertz CT molecular complexity index is 1400. The number of rotatable bonds is 9. The van der Waals surface area contributed by atoms with E-state index in [-0.39, 0.29) is 51.2 Å². The largest absolute Gasteiger partial charge is 0.493 e. The fourth-order valence-electron chi connectivity index (χ4n) is 3.96. The fourth-order valence-corrected chi connectivity index (χ4v) is 5.28. The van der Waals surface area contributed by atoms with Crippen molar-refractivity contribution in [2.24, 2.45) is 0 Å². The number of hydrogen-bond donors (Lipinski definition) is 0. The van der Waals surface area contributed by atoms with Gasteiger partial charge in [-0.2, -0.15) is 8.42 Å². The van der Waals surface area contributed by atoms with Crippen LogP contribution in [0.25, 0.3) is 0 Å². The van der Waals surface area contributed by atoms with Crippen LogP contribution in [0.5, 0.6) is 11.5 Å². The van der Waals surface area contributed by atoms with E-state index in [1.807, 2.05) is 0 Å². The Hall–Kier alpha value is -2.85. The number of nitrogens with zero attached hydrogens (tertiary/aromatic N) is 1. The minimum atomic E-state index is -4.29. The zero-order valence-electron chi connectivity index (χ0n) is 19.8. The van der Waals surface area contributed by atoms with Crippen LogP contribution in [0.15, 0.2) is 65.6 Å². The molecule has 1 amide bonds. The van der Waals surface area contributed by atoms with E-state index >= 15 is 0 Å². The SMILES string of the molecule is COc1ccc(CN(C[C@@H]2CCCO2)C(=O)c2ccccc2F)cc1OS(=O)(=O)c1ccc(Cl)c(Cl)c1. The highest BCUT2D eigenvalue weighted by atomic mass is 35.5. The molecule has 196 valence electrons. The van der Waals surface area contributed by atoms with Crippen molar-refractivity contribution in [2.45, 2.75) is 30.4 Å². The lowest BCUT2D eigenvalue weighted by Crippen LogP contribution is -2.37. The van der Waals surface area contributed by atoms with Crippen molar-refractivity contribution >= 4 is 39.2 Å². The van der Waals surface area contributed by atoms with E-state index in [1.54, 1.807) is 12.1 Å². The summed E-state index contributed by atoms with van der Waals surface area (Å²) in [5, 5.41) is 0.259. The van der Waals surface area contributed by atoms with Gasteiger partial charge in [0.1, 0.15) is 10.7 Å². The summed E-state index contributed by atoms with van der Waals surface area (Å²) in [5.74, 6) is -1.05. The highest BCUT2D eigenvalue weighted by molar-refractivity contribution is 7.87. The molecule has 3 aromatic carbocycles. The Morgan fingerprint density at radius 1 is 1.08 bits per heavy atom. The standard InChI is InChI=1S/C26H24Cl2FNO6S/c1-34-24-11-8-17(13-25(24)36-37(32,33)19-9-10-21(27)22(28)14-19)15-30(16-18-5-4-12-35-18)26(31)20-6-2-3-7-23(20)29/h2-3,6-11,13-14,18H,4-5,12,15-16H2,1H3/t18-/m0/s1. The lowest BCUT2D eigenvalue weighted by atomic mass is 10.1. The van der Waals surface area contributed by atoms with Crippen molar-refractivity contribution in [3.05, 3.63) is 87.7 Å². The summed E-state index contributed by atoms with van der Waals surface area (Å²) in [4.78, 5) is 14.6. The number of halogens is 3. The molecule has 0 bridgehead atoms. The van der Waals surface area contributed by atoms with Gasteiger partial charge < -0.3 is 18.6 Å². The molecule has 11 heteroatoms. The van der Waals surface area contributed by atoms with E-state index in [1.165, 1.54) is 60.5 Å². The molecule has 7 nitrogen and oxygen atoms in total. The maximum Gasteiger partial charge on any atom is 0.339 e. The van der Waals surface area contributed by atoms with Crippen molar-refractivity contribution in [2.75, 3.05) is 20.3 Å². The Morgan fingerprint density at radius 3 is 2.54 bits per heavy atom. The first-order valence-electron chi connectivity index (χ1n) is 11.4. The van der Waals surface area contributed by atoms with Crippen LogP contribution in [0.4, 0.5) is 4.39 Å². The van der Waals surface area contributed by atoms with E-state index < -0.39 is 21.8 Å². The highest BCUT2D eigenvalue weighted by Gasteiger charge is 2.26. The molecule has 4 rings (SSSR count). The first-order valence-corrected chi connectivity index (χ1v) is 13.6. The maximum absolute atomic E-state index is 14.4. The average molecular weight is 568 g/mol. The van der Waals surface area contributed by atoms with Crippen LogP contribution in [0.2, 0.25) is 10.0 Å². The lowest BCUT2D eigenvalue weighted by Gasteiger charge is -2.26. The van der Waals surface area contributed by atoms with Gasteiger partial charge in [0.15, 0.2) is 11.5 Å². The van der Waals surface area contributed by atoms with Crippen LogP contribution in [0.1, 0.15) is 28.8 Å². The third kappa shape index (κ3) is 6.54. The summed E-state index contributed by atoms with van der Waals surface area (Å²) in [7, 11) is -2.91. The van der Waals surface area contributed by atoms with E-state index in [0.717, 1.165) is 12.8 Å². The van der Waals surface area contributed by atoms with E-state index in [0.29, 0.717) is 12.2 Å². The Labute approximate surface area is 224 Å². The van der Waals surface area contributed by atoms with Gasteiger partial charge in [-0.25, -0.2) is 4.39 Å². The van der Waals surface area contributed by atoms with Crippen LogP contribution in [-0.2, 0) is 21.4 Å². The van der Waals surface area contributed by atoms with Gasteiger partial charge in [-0.1, -0.05) is 41.4 Å². The van der Waals surface area contributed by atoms with Gasteiger partial charge in [0, 0.05) is 19.7 Å². The first kappa shape index (κ1) is 27.2. The van der Waals surface area contributed by atoms with E-state index in [9.17, 15) is 17.6 Å². The van der Waals surface area contributed by atoms with Crippen LogP contribution < -0.4 is 8.92 Å². The highest BCUT2D eigenvalue weighted by Crippen LogP contribution is 2.33. The van der Waals surface area contributed by atoms with Gasteiger partial charge in [0.05, 0.1) is 28.8 Å². The van der Waals surface area contributed by atoms with Crippen molar-refractivity contribution in [3.8, 4) is 11.5 Å². The third-order valence-corrected chi connectivity index (χ3v) is 7.79. The summed E-state index contributed by atoms with van der Waals surface area (Å²) in [6.45, 7) is 0.899. The zero-order chi connectivity index (χ0) is 26.6. The zero-order valence-corrected chi connectivity index (χ0v) is 22.2. The van der Waals surface area contributed by atoms with Crippen molar-refractivity contribution < 1.29 is 31.3 Å². The molecule has 0 aliphatic carbocycles. The molecular weight excluding hydrogens is 544 g/mol. The molecule has 1 saturated heterocycles. The summed E-state index contributed by atoms with van der Waals surface area (Å²) >= 11 is 11.9. The number of carbonyl (C=O) groups excluding carboxylic acids is 1. The molecule has 1 heterocycles. The number of hydrogen-bond acceptors (Lipinski definition) is 6. The number of amides is 1. The molecule has 1 aliphatic rings. The minimum absolute atomic E-state index is 0.0558. The van der Waals surface area contributed by atoms with Gasteiger partial charge in [-0.05, 0) is 60.9 Å². The maximum atomic E-state index is 14.4. The molecule has 1 atom stereocenters. The molecule has 37 heavy (non-hydrogen) atoms. The molecule has 0 unspecified atom stereocenters. The van der Waals surface area contributed by atoms with E-state index in [4.69, 9.17) is 36.9 Å². The van der Waals surface area contributed by atoms with Crippen LogP contribution >= 0.6 is 23.2 Å². The van der Waals surface area contributed by atoms with E-state index in [2.05, 4.69) is 0 Å². The molecule has 1 aliphatic heterocycles. The second-order valence-electron chi connectivity index (χ2n) is 8.40. The smallest absolute Gasteiger partial charge is 0.339 e. The van der Waals surface area contributed by atoms with Gasteiger partial charge in [-0.3, -0.25) is 4.79 Å². The van der Waals surface area contributed by atoms with Crippen LogP contribution in [0, 0.1) is 5.82 Å². The molecule has 0 saturated carbocycles. The van der Waals surface area contributed by atoms with Gasteiger partial charge in [-0.15, -0.1) is 0 Å². The molecular formula is C26H24Cl2FNO6S. The summed E-state index contributed by atoms with van der Waals surface area (Å²) in [6, 6.07) is 14.2. The quantitative estimate of drug-likeness (QED) is 0.307. The predicted octanol–water partition coefficient (Wildman–Crippen LogP) is 5.73. The summed E-state index contributed by atoms with van der Waals surface area (Å²) < 4.78 is 56.6. The second-order valence-corrected chi connectivity index (χ2v) is 10.8. The molecule has 0 aromatic heterocycles. The Kier molecular flexibility index (Phi) is 8.59. The van der Waals surface area contributed by atoms with Gasteiger partial charge >= 0.3 is 10.1 Å². The first-order chi connectivity index (χ1) is 17.7. The minimum Gasteiger partial charge on any atom is -0.493 e. The Morgan fingerprint density at radius 2 is 1.86 bits per heavy atom. The second kappa shape index (κ2) is 11.7. The molecule has 0 spiro atoms. The van der Waals surface area contributed by atoms with Crippen LogP contribution in [0.3, 0.4) is 0 Å². The predicted molar refractivity (Wildman–Crippen MR) is 137 cm³/mol. The monoisotopic (exact) mass is 567 g/mol. The summed E-state index contributed by atoms with van der Waals surface area (Å²) in [6.07, 6.45) is 1.47. The molecule has 1 fully saturated rings. The summed E-state index contributed by atoms with van der Waals surface area (Å²) in [5.41, 5.74) is 0.482. The lowest BCUT2D eigenvalue weighted by molar-refractivity contribution is 0.0503. The number of ether oxygens (including phenoxy) is 2. The number of carbonyl (C=O) groups is 1. The number of methoxy groups -OCH3 is 1. The molecule has 0 N–H and O–H groups in total. The third-order valence-electron chi connectivity index (χ3n) is 5.82. The van der Waals surface area contributed by atoms with Crippen molar-refractivity contribution in [3.63, 3.8) is 0 Å². The fraction of sp³-hybridized carbons (Fsp3) is 0.269. The van der Waals surface area contributed by atoms with Gasteiger partial charge in [0.25, 0.3) is 5.91 Å². The van der Waals surface area contributed by atoms with Crippen molar-refractivity contribution in [1.29, 1.82) is 0 Å².